The number of carbonyl (C=O) groups is 1. The minimum absolute atomic E-state index is 0.0332. The Morgan fingerprint density at radius 3 is 2.40 bits per heavy atom. The van der Waals surface area contributed by atoms with Gasteiger partial charge >= 0.3 is 0 Å². The third-order valence-electron chi connectivity index (χ3n) is 5.43. The molecule has 0 unspecified atom stereocenters. The zero-order chi connectivity index (χ0) is 20.3. The van der Waals surface area contributed by atoms with Gasteiger partial charge in [-0.25, -0.2) is 0 Å². The highest BCUT2D eigenvalue weighted by Crippen LogP contribution is 2.31. The molecule has 30 heavy (non-hydrogen) atoms. The van der Waals surface area contributed by atoms with Crippen LogP contribution in [0.3, 0.4) is 0 Å². The topological polar surface area (TPSA) is 59.0 Å². The van der Waals surface area contributed by atoms with Gasteiger partial charge in [0, 0.05) is 49.0 Å². The van der Waals surface area contributed by atoms with E-state index in [0.29, 0.717) is 25.1 Å². The minimum atomic E-state index is 0.0332. The monoisotopic (exact) mass is 392 g/mol. The Morgan fingerprint density at radius 2 is 1.63 bits per heavy atom. The number of fused-ring (bicyclic) bond motifs is 1. The first-order valence-electron chi connectivity index (χ1n) is 9.97. The van der Waals surface area contributed by atoms with Crippen LogP contribution in [0.25, 0.3) is 22.3 Å². The smallest absolute Gasteiger partial charge is 0.256 e. The predicted molar refractivity (Wildman–Crippen MR) is 116 cm³/mol. The van der Waals surface area contributed by atoms with Gasteiger partial charge in [-0.2, -0.15) is 0 Å². The fourth-order valence-corrected chi connectivity index (χ4v) is 3.85. The van der Waals surface area contributed by atoms with Crippen molar-refractivity contribution in [3.05, 3.63) is 102 Å². The Kier molecular flexibility index (Phi) is 4.77. The molecule has 146 valence electrons. The highest BCUT2D eigenvalue weighted by molar-refractivity contribution is 6.03. The first kappa shape index (κ1) is 18.2. The van der Waals surface area contributed by atoms with Gasteiger partial charge in [0.25, 0.3) is 5.91 Å². The van der Waals surface area contributed by atoms with Gasteiger partial charge in [-0.15, -0.1) is 0 Å². The molecule has 0 N–H and O–H groups in total. The number of hydrogen-bond donors (Lipinski definition) is 0. The summed E-state index contributed by atoms with van der Waals surface area (Å²) in [4.78, 5) is 28.1. The van der Waals surface area contributed by atoms with Crippen LogP contribution < -0.4 is 0 Å². The number of nitrogens with zero attached hydrogens (tertiary/aromatic N) is 4. The van der Waals surface area contributed by atoms with E-state index in [-0.39, 0.29) is 5.91 Å². The normalized spacial score (nSPS) is 12.8. The zero-order valence-corrected chi connectivity index (χ0v) is 16.4. The largest absolute Gasteiger partial charge is 0.332 e. The van der Waals surface area contributed by atoms with E-state index in [2.05, 4.69) is 33.2 Å². The van der Waals surface area contributed by atoms with Crippen LogP contribution in [0.2, 0.25) is 0 Å². The number of carbonyl (C=O) groups excluding carboxylic acids is 1. The summed E-state index contributed by atoms with van der Waals surface area (Å²) in [5.41, 5.74) is 6.66. The van der Waals surface area contributed by atoms with E-state index in [1.165, 1.54) is 0 Å². The Balaban J connectivity index is 1.30. The highest BCUT2D eigenvalue weighted by Gasteiger charge is 2.31. The maximum absolute atomic E-state index is 13.1. The van der Waals surface area contributed by atoms with Crippen LogP contribution in [-0.2, 0) is 13.0 Å². The maximum Gasteiger partial charge on any atom is 0.256 e. The molecule has 1 aliphatic rings. The average Bonchev–Trinajstić information content (AvgIpc) is 3.15. The quantitative estimate of drug-likeness (QED) is 0.505. The lowest BCUT2D eigenvalue weighted by Gasteiger charge is -2.15. The highest BCUT2D eigenvalue weighted by atomic mass is 16.2. The molecule has 1 aliphatic heterocycles. The summed E-state index contributed by atoms with van der Waals surface area (Å²) in [6.07, 6.45) is 7.86. The van der Waals surface area contributed by atoms with Crippen LogP contribution in [0.15, 0.2) is 85.5 Å². The molecule has 5 rings (SSSR count). The van der Waals surface area contributed by atoms with Crippen molar-refractivity contribution in [2.24, 2.45) is 0 Å². The molecule has 4 heterocycles. The van der Waals surface area contributed by atoms with E-state index in [0.717, 1.165) is 33.6 Å². The van der Waals surface area contributed by atoms with Gasteiger partial charge in [0.05, 0.1) is 17.8 Å². The molecule has 0 aliphatic carbocycles. The van der Waals surface area contributed by atoms with Gasteiger partial charge in [0.15, 0.2) is 0 Å². The minimum Gasteiger partial charge on any atom is -0.332 e. The molecule has 0 fully saturated rings. The van der Waals surface area contributed by atoms with E-state index in [4.69, 9.17) is 0 Å². The number of rotatable bonds is 5. The molecule has 0 saturated carbocycles. The molecule has 5 nitrogen and oxygen atoms in total. The first-order chi connectivity index (χ1) is 14.8. The van der Waals surface area contributed by atoms with Crippen molar-refractivity contribution >= 4 is 5.91 Å². The Labute approximate surface area is 175 Å². The number of benzene rings is 1. The molecule has 4 aromatic rings. The van der Waals surface area contributed by atoms with Gasteiger partial charge in [0.2, 0.25) is 0 Å². The Morgan fingerprint density at radius 1 is 0.800 bits per heavy atom. The fraction of sp³-hybridized carbons (Fsp3) is 0.120. The molecule has 0 spiro atoms. The summed E-state index contributed by atoms with van der Waals surface area (Å²) in [6, 6.07) is 20.1. The number of amides is 1. The molecule has 0 bridgehead atoms. The molecular formula is C25H20N4O. The van der Waals surface area contributed by atoms with Gasteiger partial charge in [-0.1, -0.05) is 36.4 Å². The zero-order valence-electron chi connectivity index (χ0n) is 16.4. The molecule has 3 aromatic heterocycles. The summed E-state index contributed by atoms with van der Waals surface area (Å²) in [5, 5.41) is 0. The lowest BCUT2D eigenvalue weighted by Crippen LogP contribution is -2.26. The van der Waals surface area contributed by atoms with Gasteiger partial charge in [-0.05, 0) is 41.0 Å². The molecule has 0 radical (unpaired) electrons. The predicted octanol–water partition coefficient (Wildman–Crippen LogP) is 4.40. The number of aromatic nitrogens is 3. The third kappa shape index (κ3) is 3.46. The van der Waals surface area contributed by atoms with Crippen molar-refractivity contribution < 1.29 is 4.79 Å². The van der Waals surface area contributed by atoms with Crippen molar-refractivity contribution in [2.75, 3.05) is 6.54 Å². The van der Waals surface area contributed by atoms with E-state index < -0.39 is 0 Å². The molecular weight excluding hydrogens is 372 g/mol. The number of pyridine rings is 3. The Hall–Kier alpha value is -3.86. The van der Waals surface area contributed by atoms with Crippen molar-refractivity contribution in [3.63, 3.8) is 0 Å². The number of hydrogen-bond acceptors (Lipinski definition) is 4. The standard InChI is InChI=1S/C25H20N4O/c30-25-24-22(19-8-12-26-13-9-19)10-14-27-23(24)17-29(25)15-11-21-7-6-20(16-28-21)18-4-2-1-3-5-18/h1-10,12-14,16H,11,15,17H2. The van der Waals surface area contributed by atoms with Crippen LogP contribution >= 0.6 is 0 Å². The average molecular weight is 392 g/mol. The van der Waals surface area contributed by atoms with E-state index in [1.807, 2.05) is 53.6 Å². The van der Waals surface area contributed by atoms with Crippen LogP contribution in [0, 0.1) is 0 Å². The Bertz CT molecular complexity index is 1170. The summed E-state index contributed by atoms with van der Waals surface area (Å²) in [6.45, 7) is 1.15. The second-order valence-corrected chi connectivity index (χ2v) is 7.30. The van der Waals surface area contributed by atoms with Crippen LogP contribution in [0.5, 0.6) is 0 Å². The van der Waals surface area contributed by atoms with Crippen molar-refractivity contribution in [3.8, 4) is 22.3 Å². The van der Waals surface area contributed by atoms with Crippen LogP contribution in [0.4, 0.5) is 0 Å². The fourth-order valence-electron chi connectivity index (χ4n) is 3.85. The molecule has 1 aromatic carbocycles. The second-order valence-electron chi connectivity index (χ2n) is 7.30. The molecule has 0 atom stereocenters. The van der Waals surface area contributed by atoms with Crippen molar-refractivity contribution in [1.29, 1.82) is 0 Å². The lowest BCUT2D eigenvalue weighted by molar-refractivity contribution is 0.0780. The van der Waals surface area contributed by atoms with Crippen molar-refractivity contribution in [1.82, 2.24) is 19.9 Å². The van der Waals surface area contributed by atoms with E-state index >= 15 is 0 Å². The second kappa shape index (κ2) is 7.87. The van der Waals surface area contributed by atoms with Crippen LogP contribution in [-0.4, -0.2) is 32.3 Å². The summed E-state index contributed by atoms with van der Waals surface area (Å²) in [5.74, 6) is 0.0332. The van der Waals surface area contributed by atoms with Gasteiger partial charge < -0.3 is 4.90 Å². The molecule has 5 heteroatoms. The van der Waals surface area contributed by atoms with E-state index in [1.54, 1.807) is 18.6 Å². The summed E-state index contributed by atoms with van der Waals surface area (Å²) < 4.78 is 0. The lowest BCUT2D eigenvalue weighted by atomic mass is 10.0. The van der Waals surface area contributed by atoms with Gasteiger partial charge in [-0.3, -0.25) is 19.7 Å². The third-order valence-corrected chi connectivity index (χ3v) is 5.43. The summed E-state index contributed by atoms with van der Waals surface area (Å²) in [7, 11) is 0. The van der Waals surface area contributed by atoms with Crippen molar-refractivity contribution in [2.45, 2.75) is 13.0 Å². The van der Waals surface area contributed by atoms with Gasteiger partial charge in [0.1, 0.15) is 0 Å². The molecule has 1 amide bonds. The SMILES string of the molecule is O=C1c2c(-c3ccncc3)ccnc2CN1CCc1ccc(-c2ccccc2)cn1. The van der Waals surface area contributed by atoms with E-state index in [9.17, 15) is 4.79 Å². The summed E-state index contributed by atoms with van der Waals surface area (Å²) >= 11 is 0. The van der Waals surface area contributed by atoms with Crippen LogP contribution in [0.1, 0.15) is 21.7 Å². The maximum atomic E-state index is 13.1. The first-order valence-corrected chi connectivity index (χ1v) is 9.97. The molecule has 0 saturated heterocycles.